The van der Waals surface area contributed by atoms with Crippen molar-refractivity contribution in [2.45, 2.75) is 18.6 Å². The molecule has 4 nitrogen and oxygen atoms in total. The molecule has 1 aliphatic heterocycles. The molecule has 0 radical (unpaired) electrons. The highest BCUT2D eigenvalue weighted by Crippen LogP contribution is 2.13. The molecule has 1 aliphatic rings. The second-order valence-electron chi connectivity index (χ2n) is 4.48. The van der Waals surface area contributed by atoms with Crippen molar-refractivity contribution in [2.75, 3.05) is 20.2 Å². The molecule has 1 fully saturated rings. The largest absolute Gasteiger partial charge is 0.378 e. The molecule has 19 heavy (non-hydrogen) atoms. The Labute approximate surface area is 110 Å². The fourth-order valence-electron chi connectivity index (χ4n) is 2.17. The number of rotatable bonds is 4. The van der Waals surface area contributed by atoms with Crippen molar-refractivity contribution in [1.29, 1.82) is 0 Å². The third-order valence-electron chi connectivity index (χ3n) is 3.21. The average Bonchev–Trinajstić information content (AvgIpc) is 2.81. The van der Waals surface area contributed by atoms with Crippen LogP contribution in [0.5, 0.6) is 0 Å². The van der Waals surface area contributed by atoms with Gasteiger partial charge in [-0.25, -0.2) is 8.78 Å². The van der Waals surface area contributed by atoms with Crippen LogP contribution in [0.25, 0.3) is 0 Å². The molecule has 1 saturated heterocycles. The number of nitrogens with one attached hydrogen (secondary N) is 2. The highest BCUT2D eigenvalue weighted by Gasteiger charge is 2.28. The van der Waals surface area contributed by atoms with Crippen LogP contribution in [0.3, 0.4) is 0 Å². The molecule has 0 spiro atoms. The van der Waals surface area contributed by atoms with Gasteiger partial charge < -0.3 is 15.4 Å². The van der Waals surface area contributed by atoms with Crippen LogP contribution in [-0.4, -0.2) is 38.3 Å². The predicted octanol–water partition coefficient (Wildman–Crippen LogP) is 0.610. The van der Waals surface area contributed by atoms with Gasteiger partial charge in [0.05, 0.1) is 18.6 Å². The SMILES string of the molecule is CO[C@H]1CNCC1NC(=O)Cc1c(F)cccc1F. The molecule has 1 aromatic rings. The van der Waals surface area contributed by atoms with E-state index in [2.05, 4.69) is 10.6 Å². The summed E-state index contributed by atoms with van der Waals surface area (Å²) < 4.78 is 32.0. The summed E-state index contributed by atoms with van der Waals surface area (Å²) in [5, 5.41) is 5.80. The minimum atomic E-state index is -0.706. The van der Waals surface area contributed by atoms with Crippen molar-refractivity contribution in [3.05, 3.63) is 35.4 Å². The first-order valence-corrected chi connectivity index (χ1v) is 6.07. The van der Waals surface area contributed by atoms with E-state index in [9.17, 15) is 13.6 Å². The highest BCUT2D eigenvalue weighted by molar-refractivity contribution is 5.79. The molecule has 1 aromatic carbocycles. The summed E-state index contributed by atoms with van der Waals surface area (Å²) in [4.78, 5) is 11.8. The van der Waals surface area contributed by atoms with Crippen LogP contribution in [-0.2, 0) is 16.0 Å². The maximum atomic E-state index is 13.4. The molecular formula is C13H16F2N2O2. The standard InChI is InChI=1S/C13H16F2N2O2/c1-19-12-7-16-6-11(12)17-13(18)5-8-9(14)3-2-4-10(8)15/h2-4,11-12,16H,5-7H2,1H3,(H,17,18)/t11?,12-/m0/s1. The molecule has 104 valence electrons. The Bertz CT molecular complexity index is 448. The molecule has 0 bridgehead atoms. The van der Waals surface area contributed by atoms with Gasteiger partial charge in [-0.3, -0.25) is 4.79 Å². The average molecular weight is 270 g/mol. The van der Waals surface area contributed by atoms with Gasteiger partial charge in [0.2, 0.25) is 5.91 Å². The smallest absolute Gasteiger partial charge is 0.224 e. The van der Waals surface area contributed by atoms with E-state index in [1.807, 2.05) is 0 Å². The predicted molar refractivity (Wildman–Crippen MR) is 65.7 cm³/mol. The zero-order valence-electron chi connectivity index (χ0n) is 10.6. The van der Waals surface area contributed by atoms with Gasteiger partial charge in [0.15, 0.2) is 0 Å². The van der Waals surface area contributed by atoms with Crippen LogP contribution in [0, 0.1) is 11.6 Å². The molecule has 2 rings (SSSR count). The van der Waals surface area contributed by atoms with E-state index in [4.69, 9.17) is 4.74 Å². The lowest BCUT2D eigenvalue weighted by Crippen LogP contribution is -2.44. The first kappa shape index (κ1) is 13.9. The Balaban J connectivity index is 1.98. The second kappa shape index (κ2) is 6.08. The van der Waals surface area contributed by atoms with Crippen LogP contribution < -0.4 is 10.6 Å². The molecule has 0 aromatic heterocycles. The van der Waals surface area contributed by atoms with E-state index in [0.717, 1.165) is 12.1 Å². The fraction of sp³-hybridized carbons (Fsp3) is 0.462. The van der Waals surface area contributed by atoms with E-state index in [0.29, 0.717) is 13.1 Å². The van der Waals surface area contributed by atoms with E-state index < -0.39 is 17.5 Å². The Morgan fingerprint density at radius 2 is 2.11 bits per heavy atom. The first-order valence-electron chi connectivity index (χ1n) is 6.07. The maximum Gasteiger partial charge on any atom is 0.224 e. The summed E-state index contributed by atoms with van der Waals surface area (Å²) in [6, 6.07) is 3.38. The molecule has 1 amide bonds. The second-order valence-corrected chi connectivity index (χ2v) is 4.48. The van der Waals surface area contributed by atoms with Crippen molar-refractivity contribution < 1.29 is 18.3 Å². The number of hydrogen-bond donors (Lipinski definition) is 2. The summed E-state index contributed by atoms with van der Waals surface area (Å²) in [5.41, 5.74) is -0.208. The van der Waals surface area contributed by atoms with Crippen molar-refractivity contribution >= 4 is 5.91 Å². The fourth-order valence-corrected chi connectivity index (χ4v) is 2.17. The summed E-state index contributed by atoms with van der Waals surface area (Å²) in [6.07, 6.45) is -0.430. The summed E-state index contributed by atoms with van der Waals surface area (Å²) in [5.74, 6) is -1.83. The number of benzene rings is 1. The molecule has 2 N–H and O–H groups in total. The lowest BCUT2D eigenvalue weighted by Gasteiger charge is -2.18. The van der Waals surface area contributed by atoms with Gasteiger partial charge in [-0.1, -0.05) is 6.07 Å². The molecule has 6 heteroatoms. The number of ether oxygens (including phenoxy) is 1. The number of carbonyl (C=O) groups excluding carboxylic acids is 1. The summed E-state index contributed by atoms with van der Waals surface area (Å²) in [6.45, 7) is 1.24. The Morgan fingerprint density at radius 3 is 2.74 bits per heavy atom. The lowest BCUT2D eigenvalue weighted by molar-refractivity contribution is -0.121. The highest BCUT2D eigenvalue weighted by atomic mass is 19.1. The van der Waals surface area contributed by atoms with Gasteiger partial charge in [-0.15, -0.1) is 0 Å². The normalized spacial score (nSPS) is 22.5. The van der Waals surface area contributed by atoms with Gasteiger partial charge >= 0.3 is 0 Å². The van der Waals surface area contributed by atoms with Crippen LogP contribution in [0.1, 0.15) is 5.56 Å². The van der Waals surface area contributed by atoms with Crippen molar-refractivity contribution in [3.63, 3.8) is 0 Å². The van der Waals surface area contributed by atoms with E-state index >= 15 is 0 Å². The topological polar surface area (TPSA) is 50.4 Å². The number of amides is 1. The van der Waals surface area contributed by atoms with E-state index in [-0.39, 0.29) is 24.1 Å². The molecule has 2 atom stereocenters. The minimum absolute atomic E-state index is 0.116. The Hall–Kier alpha value is -1.53. The van der Waals surface area contributed by atoms with Gasteiger partial charge in [-0.2, -0.15) is 0 Å². The van der Waals surface area contributed by atoms with Crippen molar-refractivity contribution in [3.8, 4) is 0 Å². The third-order valence-corrected chi connectivity index (χ3v) is 3.21. The Kier molecular flexibility index (Phi) is 4.44. The zero-order chi connectivity index (χ0) is 13.8. The zero-order valence-corrected chi connectivity index (χ0v) is 10.6. The minimum Gasteiger partial charge on any atom is -0.378 e. The monoisotopic (exact) mass is 270 g/mol. The van der Waals surface area contributed by atoms with Gasteiger partial charge in [-0.05, 0) is 12.1 Å². The third kappa shape index (κ3) is 3.27. The van der Waals surface area contributed by atoms with Crippen molar-refractivity contribution in [2.24, 2.45) is 0 Å². The number of methoxy groups -OCH3 is 1. The molecule has 1 heterocycles. The molecular weight excluding hydrogens is 254 g/mol. The number of hydrogen-bond acceptors (Lipinski definition) is 3. The van der Waals surface area contributed by atoms with Crippen LogP contribution in [0.4, 0.5) is 8.78 Å². The van der Waals surface area contributed by atoms with E-state index in [1.165, 1.54) is 6.07 Å². The first-order chi connectivity index (χ1) is 9.11. The lowest BCUT2D eigenvalue weighted by atomic mass is 10.1. The van der Waals surface area contributed by atoms with Gasteiger partial charge in [0, 0.05) is 25.8 Å². The van der Waals surface area contributed by atoms with Crippen LogP contribution >= 0.6 is 0 Å². The Morgan fingerprint density at radius 1 is 1.42 bits per heavy atom. The van der Waals surface area contributed by atoms with Crippen LogP contribution in [0.2, 0.25) is 0 Å². The summed E-state index contributed by atoms with van der Waals surface area (Å²) >= 11 is 0. The number of halogens is 2. The van der Waals surface area contributed by atoms with Crippen molar-refractivity contribution in [1.82, 2.24) is 10.6 Å². The quantitative estimate of drug-likeness (QED) is 0.843. The van der Waals surface area contributed by atoms with E-state index in [1.54, 1.807) is 7.11 Å². The molecule has 1 unspecified atom stereocenters. The number of carbonyl (C=O) groups is 1. The van der Waals surface area contributed by atoms with Crippen LogP contribution in [0.15, 0.2) is 18.2 Å². The molecule has 0 saturated carbocycles. The van der Waals surface area contributed by atoms with Gasteiger partial charge in [0.25, 0.3) is 0 Å². The summed E-state index contributed by atoms with van der Waals surface area (Å²) in [7, 11) is 1.56. The molecule has 0 aliphatic carbocycles. The van der Waals surface area contributed by atoms with Gasteiger partial charge in [0.1, 0.15) is 11.6 Å². The maximum absolute atomic E-state index is 13.4.